The lowest BCUT2D eigenvalue weighted by Crippen LogP contribution is -2.46. The Kier molecular flexibility index (Phi) is 6.06. The molecular formula is C17H26FN3O4S. The zero-order valence-corrected chi connectivity index (χ0v) is 16.1. The minimum absolute atomic E-state index is 0.153. The molecule has 0 spiro atoms. The molecule has 0 aliphatic carbocycles. The number of amides is 1. The number of carbonyl (C=O) groups excluding carboxylic acids is 1. The molecule has 9 heteroatoms. The van der Waals surface area contributed by atoms with Crippen LogP contribution < -0.4 is 15.8 Å². The Hall–Kier alpha value is -1.55. The van der Waals surface area contributed by atoms with Crippen LogP contribution in [0.5, 0.6) is 0 Å². The van der Waals surface area contributed by atoms with Gasteiger partial charge in [-0.15, -0.1) is 0 Å². The van der Waals surface area contributed by atoms with Gasteiger partial charge < -0.3 is 15.8 Å². The topological polar surface area (TPSA) is 111 Å². The van der Waals surface area contributed by atoms with Gasteiger partial charge in [0, 0.05) is 31.0 Å². The zero-order valence-electron chi connectivity index (χ0n) is 15.3. The molecule has 146 valence electrons. The van der Waals surface area contributed by atoms with E-state index in [9.17, 15) is 17.6 Å². The quantitative estimate of drug-likeness (QED) is 0.711. The van der Waals surface area contributed by atoms with Crippen LogP contribution in [0.3, 0.4) is 0 Å². The smallest absolute Gasteiger partial charge is 0.244 e. The molecular weight excluding hydrogens is 361 g/mol. The van der Waals surface area contributed by atoms with Crippen molar-refractivity contribution in [3.05, 3.63) is 24.0 Å². The Morgan fingerprint density at radius 2 is 1.92 bits per heavy atom. The third kappa shape index (κ3) is 4.79. The van der Waals surface area contributed by atoms with Crippen molar-refractivity contribution in [2.45, 2.75) is 44.0 Å². The molecule has 26 heavy (non-hydrogen) atoms. The van der Waals surface area contributed by atoms with Crippen LogP contribution in [0.4, 0.5) is 10.1 Å². The minimum atomic E-state index is -4.07. The van der Waals surface area contributed by atoms with E-state index < -0.39 is 31.7 Å². The summed E-state index contributed by atoms with van der Waals surface area (Å²) in [5.41, 5.74) is 4.47. The second-order valence-corrected chi connectivity index (χ2v) is 9.20. The largest absolute Gasteiger partial charge is 0.381 e. The summed E-state index contributed by atoms with van der Waals surface area (Å²) in [5, 5.41) is 2.67. The second-order valence-electron chi connectivity index (χ2n) is 7.55. The van der Waals surface area contributed by atoms with Gasteiger partial charge >= 0.3 is 0 Å². The summed E-state index contributed by atoms with van der Waals surface area (Å²) in [6.45, 7) is 5.99. The van der Waals surface area contributed by atoms with E-state index in [1.54, 1.807) is 20.8 Å². The van der Waals surface area contributed by atoms with E-state index in [0.717, 1.165) is 12.1 Å². The first-order valence-corrected chi connectivity index (χ1v) is 9.90. The number of rotatable bonds is 5. The van der Waals surface area contributed by atoms with E-state index in [2.05, 4.69) is 10.0 Å². The van der Waals surface area contributed by atoms with Gasteiger partial charge in [0.15, 0.2) is 0 Å². The number of halogens is 1. The van der Waals surface area contributed by atoms with Crippen molar-refractivity contribution >= 4 is 21.6 Å². The molecule has 0 atom stereocenters. The Bertz CT molecular complexity index is 769. The van der Waals surface area contributed by atoms with Crippen LogP contribution in [0.25, 0.3) is 0 Å². The molecule has 1 aromatic rings. The van der Waals surface area contributed by atoms with E-state index in [0.29, 0.717) is 26.1 Å². The molecule has 1 amide bonds. The molecule has 1 saturated heterocycles. The van der Waals surface area contributed by atoms with Crippen LogP contribution in [-0.4, -0.2) is 39.6 Å². The number of hydrogen-bond acceptors (Lipinski definition) is 5. The summed E-state index contributed by atoms with van der Waals surface area (Å²) >= 11 is 0. The van der Waals surface area contributed by atoms with Crippen molar-refractivity contribution in [2.75, 3.05) is 25.1 Å². The van der Waals surface area contributed by atoms with E-state index in [4.69, 9.17) is 10.5 Å². The lowest BCUT2D eigenvalue weighted by atomic mass is 9.79. The first-order valence-electron chi connectivity index (χ1n) is 8.42. The first-order chi connectivity index (χ1) is 12.0. The summed E-state index contributed by atoms with van der Waals surface area (Å²) in [6.07, 6.45) is 0.959. The number of sulfonamides is 1. The van der Waals surface area contributed by atoms with Crippen LogP contribution in [-0.2, 0) is 19.6 Å². The highest BCUT2D eigenvalue weighted by molar-refractivity contribution is 7.89. The Morgan fingerprint density at radius 3 is 2.46 bits per heavy atom. The second kappa shape index (κ2) is 7.59. The average molecular weight is 387 g/mol. The van der Waals surface area contributed by atoms with Gasteiger partial charge in [-0.25, -0.2) is 17.5 Å². The Morgan fingerprint density at radius 1 is 1.31 bits per heavy atom. The molecule has 1 aromatic carbocycles. The molecule has 0 radical (unpaired) electrons. The Labute approximate surface area is 153 Å². The van der Waals surface area contributed by atoms with Crippen molar-refractivity contribution in [3.8, 4) is 0 Å². The normalized spacial score (nSPS) is 17.7. The lowest BCUT2D eigenvalue weighted by Gasteiger charge is -2.34. The zero-order chi connectivity index (χ0) is 19.6. The van der Waals surface area contributed by atoms with Crippen LogP contribution in [0, 0.1) is 11.2 Å². The fourth-order valence-corrected chi connectivity index (χ4v) is 4.32. The van der Waals surface area contributed by atoms with Gasteiger partial charge in [0.1, 0.15) is 10.7 Å². The number of nitrogens with one attached hydrogen (secondary N) is 2. The van der Waals surface area contributed by atoms with Crippen molar-refractivity contribution < 1.29 is 22.3 Å². The molecule has 1 aliphatic heterocycles. The van der Waals surface area contributed by atoms with Crippen LogP contribution >= 0.6 is 0 Å². The average Bonchev–Trinajstić information content (AvgIpc) is 2.54. The summed E-state index contributed by atoms with van der Waals surface area (Å²) in [4.78, 5) is 12.2. The number of ether oxygens (including phenoxy) is 1. The molecule has 0 bridgehead atoms. The summed E-state index contributed by atoms with van der Waals surface area (Å²) in [5.74, 6) is -1.21. The van der Waals surface area contributed by atoms with Crippen molar-refractivity contribution in [1.29, 1.82) is 0 Å². The molecule has 0 aromatic heterocycles. The molecule has 4 N–H and O–H groups in total. The predicted molar refractivity (Wildman–Crippen MR) is 96.6 cm³/mol. The van der Waals surface area contributed by atoms with E-state index in [1.165, 1.54) is 6.07 Å². The number of carbonyl (C=O) groups is 1. The maximum atomic E-state index is 14.1. The van der Waals surface area contributed by atoms with Gasteiger partial charge in [-0.2, -0.15) is 0 Å². The monoisotopic (exact) mass is 387 g/mol. The standard InChI is InChI=1S/C17H26FN3O4S/c1-16(2,3)21-26(23,24)14-10-12(4-5-13(14)18)20-15(22)17(11-19)6-8-25-9-7-17/h4-5,10,21H,6-9,11,19H2,1-3H3,(H,20,22). The van der Waals surface area contributed by atoms with Crippen molar-refractivity contribution in [2.24, 2.45) is 11.1 Å². The van der Waals surface area contributed by atoms with Gasteiger partial charge in [-0.3, -0.25) is 4.79 Å². The number of nitrogens with two attached hydrogens (primary N) is 1. The van der Waals surface area contributed by atoms with Crippen LogP contribution in [0.2, 0.25) is 0 Å². The molecule has 1 heterocycles. The lowest BCUT2D eigenvalue weighted by molar-refractivity contribution is -0.130. The molecule has 2 rings (SSSR count). The van der Waals surface area contributed by atoms with Crippen LogP contribution in [0.15, 0.2) is 23.1 Å². The van der Waals surface area contributed by atoms with Crippen LogP contribution in [0.1, 0.15) is 33.6 Å². The highest BCUT2D eigenvalue weighted by atomic mass is 32.2. The maximum absolute atomic E-state index is 14.1. The van der Waals surface area contributed by atoms with Gasteiger partial charge in [0.2, 0.25) is 15.9 Å². The highest BCUT2D eigenvalue weighted by Gasteiger charge is 2.39. The van der Waals surface area contributed by atoms with Crippen molar-refractivity contribution in [1.82, 2.24) is 4.72 Å². The Balaban J connectivity index is 2.28. The molecule has 7 nitrogen and oxygen atoms in total. The van der Waals surface area contributed by atoms with E-state index in [-0.39, 0.29) is 18.1 Å². The van der Waals surface area contributed by atoms with Crippen molar-refractivity contribution in [3.63, 3.8) is 0 Å². The summed E-state index contributed by atoms with van der Waals surface area (Å²) < 4.78 is 46.6. The van der Waals surface area contributed by atoms with E-state index >= 15 is 0 Å². The fraction of sp³-hybridized carbons (Fsp3) is 0.588. The third-order valence-corrected chi connectivity index (χ3v) is 6.01. The summed E-state index contributed by atoms with van der Waals surface area (Å²) in [7, 11) is -4.07. The number of anilines is 1. The first kappa shape index (κ1) is 20.8. The molecule has 1 fully saturated rings. The van der Waals surface area contributed by atoms with Gasteiger partial charge in [-0.1, -0.05) is 0 Å². The van der Waals surface area contributed by atoms with Gasteiger partial charge in [0.05, 0.1) is 5.41 Å². The minimum Gasteiger partial charge on any atom is -0.381 e. The third-order valence-electron chi connectivity index (χ3n) is 4.24. The summed E-state index contributed by atoms with van der Waals surface area (Å²) in [6, 6.07) is 3.46. The van der Waals surface area contributed by atoms with Gasteiger partial charge in [0.25, 0.3) is 0 Å². The fourth-order valence-electron chi connectivity index (χ4n) is 2.79. The SMILES string of the molecule is CC(C)(C)NS(=O)(=O)c1cc(NC(=O)C2(CN)CCOCC2)ccc1F. The molecule has 0 saturated carbocycles. The molecule has 0 unspecified atom stereocenters. The van der Waals surface area contributed by atoms with E-state index in [1.807, 2.05) is 0 Å². The maximum Gasteiger partial charge on any atom is 0.244 e. The molecule has 1 aliphatic rings. The number of benzene rings is 1. The number of hydrogen-bond donors (Lipinski definition) is 3. The predicted octanol–water partition coefficient (Wildman–Crippen LogP) is 1.60. The van der Waals surface area contributed by atoms with Gasteiger partial charge in [-0.05, 0) is 51.8 Å². The highest BCUT2D eigenvalue weighted by Crippen LogP contribution is 2.31.